The maximum atomic E-state index is 13.2. The molecule has 1 aliphatic heterocycles. The summed E-state index contributed by atoms with van der Waals surface area (Å²) >= 11 is 0. The van der Waals surface area contributed by atoms with Gasteiger partial charge in [-0.05, 0) is 25.0 Å². The van der Waals surface area contributed by atoms with Crippen LogP contribution in [0.4, 0.5) is 0 Å². The largest absolute Gasteiger partial charge is 0.480 e. The number of likely N-dealkylation sites (tertiary alicyclic amines) is 1. The molecule has 0 saturated carbocycles. The van der Waals surface area contributed by atoms with E-state index < -0.39 is 59.7 Å². The highest BCUT2D eigenvalue weighted by Crippen LogP contribution is 2.15. The van der Waals surface area contributed by atoms with E-state index in [1.54, 1.807) is 60.7 Å². The van der Waals surface area contributed by atoms with Gasteiger partial charge < -0.3 is 21.1 Å². The van der Waals surface area contributed by atoms with E-state index in [-0.39, 0.29) is 25.7 Å². The maximum absolute atomic E-state index is 13.2. The summed E-state index contributed by atoms with van der Waals surface area (Å²) in [6.45, 7) is 2.80. The van der Waals surface area contributed by atoms with Gasteiger partial charge in [-0.3, -0.25) is 28.9 Å². The Labute approximate surface area is 225 Å². The molecule has 11 nitrogen and oxygen atoms in total. The lowest BCUT2D eigenvalue weighted by Gasteiger charge is -2.25. The lowest BCUT2D eigenvalue weighted by atomic mass is 10.0. The van der Waals surface area contributed by atoms with Gasteiger partial charge in [0.05, 0.1) is 0 Å². The SMILES string of the molecule is C[C@H](NC(=O)[C@H](C)N1C(=O)CCC1=O)C(=O)N[C@@H](Cc1ccccc1)C(=O)N[C@@H](Cc1ccccc1)C(=O)O. The zero-order valence-electron chi connectivity index (χ0n) is 21.8. The van der Waals surface area contributed by atoms with Crippen molar-refractivity contribution in [3.63, 3.8) is 0 Å². The molecular weight excluding hydrogens is 504 g/mol. The minimum Gasteiger partial charge on any atom is -0.480 e. The molecule has 0 unspecified atom stereocenters. The summed E-state index contributed by atoms with van der Waals surface area (Å²) in [6, 6.07) is 13.1. The van der Waals surface area contributed by atoms with E-state index in [9.17, 15) is 33.9 Å². The molecule has 206 valence electrons. The topological polar surface area (TPSA) is 162 Å². The van der Waals surface area contributed by atoms with E-state index in [0.29, 0.717) is 5.56 Å². The Bertz CT molecular complexity index is 1200. The molecule has 0 aliphatic carbocycles. The van der Waals surface area contributed by atoms with Crippen LogP contribution in [0.1, 0.15) is 37.8 Å². The van der Waals surface area contributed by atoms with Crippen LogP contribution < -0.4 is 16.0 Å². The fourth-order valence-corrected chi connectivity index (χ4v) is 4.22. The van der Waals surface area contributed by atoms with Gasteiger partial charge in [0.15, 0.2) is 0 Å². The van der Waals surface area contributed by atoms with E-state index in [2.05, 4.69) is 16.0 Å². The van der Waals surface area contributed by atoms with Gasteiger partial charge in [0.2, 0.25) is 29.5 Å². The summed E-state index contributed by atoms with van der Waals surface area (Å²) < 4.78 is 0. The molecule has 5 amide bonds. The number of hydrogen-bond acceptors (Lipinski definition) is 6. The van der Waals surface area contributed by atoms with Gasteiger partial charge in [0.1, 0.15) is 24.2 Å². The molecule has 0 radical (unpaired) electrons. The first-order chi connectivity index (χ1) is 18.6. The van der Waals surface area contributed by atoms with Crippen molar-refractivity contribution >= 4 is 35.5 Å². The van der Waals surface area contributed by atoms with Crippen molar-refractivity contribution in [2.45, 2.75) is 63.7 Å². The number of hydrogen-bond donors (Lipinski definition) is 4. The first-order valence-corrected chi connectivity index (χ1v) is 12.6. The molecule has 2 aromatic rings. The Morgan fingerprint density at radius 2 is 1.18 bits per heavy atom. The van der Waals surface area contributed by atoms with Crippen LogP contribution in [0.25, 0.3) is 0 Å². The van der Waals surface area contributed by atoms with Crippen LogP contribution in [-0.4, -0.2) is 69.7 Å². The Morgan fingerprint density at radius 3 is 1.67 bits per heavy atom. The minimum absolute atomic E-state index is 0.0321. The number of imide groups is 1. The van der Waals surface area contributed by atoms with E-state index in [4.69, 9.17) is 0 Å². The standard InChI is InChI=1S/C28H32N4O7/c1-17(29-26(36)18(2)32-23(33)13-14-24(32)34)25(35)30-21(15-19-9-5-3-6-10-19)27(37)31-22(28(38)39)16-20-11-7-4-8-12-20/h3-12,17-18,21-22H,13-16H2,1-2H3,(H,29,36)(H,30,35)(H,31,37)(H,38,39)/t17-,18-,21-,22-/m0/s1. The van der Waals surface area contributed by atoms with Crippen LogP contribution >= 0.6 is 0 Å². The average molecular weight is 537 g/mol. The molecule has 1 heterocycles. The third kappa shape index (κ3) is 7.97. The average Bonchev–Trinajstić information content (AvgIpc) is 3.25. The summed E-state index contributed by atoms with van der Waals surface area (Å²) in [5, 5.41) is 17.3. The fourth-order valence-electron chi connectivity index (χ4n) is 4.22. The highest BCUT2D eigenvalue weighted by molar-refractivity contribution is 6.06. The highest BCUT2D eigenvalue weighted by atomic mass is 16.4. The number of carbonyl (C=O) groups excluding carboxylic acids is 5. The number of nitrogens with zero attached hydrogens (tertiary/aromatic N) is 1. The number of rotatable bonds is 12. The van der Waals surface area contributed by atoms with Crippen molar-refractivity contribution in [1.29, 1.82) is 0 Å². The molecule has 1 saturated heterocycles. The molecule has 0 bridgehead atoms. The number of nitrogens with one attached hydrogen (secondary N) is 3. The van der Waals surface area contributed by atoms with E-state index >= 15 is 0 Å². The zero-order valence-corrected chi connectivity index (χ0v) is 21.8. The maximum Gasteiger partial charge on any atom is 0.326 e. The molecular formula is C28H32N4O7. The summed E-state index contributed by atoms with van der Waals surface area (Å²) in [4.78, 5) is 75.6. The van der Waals surface area contributed by atoms with Crippen molar-refractivity contribution in [1.82, 2.24) is 20.9 Å². The Morgan fingerprint density at radius 1 is 0.718 bits per heavy atom. The number of amides is 5. The van der Waals surface area contributed by atoms with Gasteiger partial charge in [-0.1, -0.05) is 60.7 Å². The lowest BCUT2D eigenvalue weighted by molar-refractivity contribution is -0.146. The molecule has 0 spiro atoms. The number of benzene rings is 2. The fraction of sp³-hybridized carbons (Fsp3) is 0.357. The van der Waals surface area contributed by atoms with Crippen LogP contribution in [0.5, 0.6) is 0 Å². The van der Waals surface area contributed by atoms with Crippen LogP contribution in [-0.2, 0) is 41.6 Å². The smallest absolute Gasteiger partial charge is 0.326 e. The van der Waals surface area contributed by atoms with E-state index in [0.717, 1.165) is 10.5 Å². The van der Waals surface area contributed by atoms with Crippen molar-refractivity contribution in [2.24, 2.45) is 0 Å². The Hall–Kier alpha value is -4.54. The second-order valence-corrected chi connectivity index (χ2v) is 9.40. The van der Waals surface area contributed by atoms with Crippen LogP contribution in [0.15, 0.2) is 60.7 Å². The van der Waals surface area contributed by atoms with Gasteiger partial charge in [-0.15, -0.1) is 0 Å². The van der Waals surface area contributed by atoms with Crippen molar-refractivity contribution in [3.05, 3.63) is 71.8 Å². The van der Waals surface area contributed by atoms with Gasteiger partial charge in [-0.25, -0.2) is 4.79 Å². The van der Waals surface area contributed by atoms with Crippen LogP contribution in [0.3, 0.4) is 0 Å². The number of carboxylic acid groups (broad SMARTS) is 1. The van der Waals surface area contributed by atoms with Gasteiger partial charge in [0, 0.05) is 25.7 Å². The monoisotopic (exact) mass is 536 g/mol. The molecule has 3 rings (SSSR count). The number of aliphatic carboxylic acids is 1. The molecule has 4 N–H and O–H groups in total. The quantitative estimate of drug-likeness (QED) is 0.288. The van der Waals surface area contributed by atoms with Gasteiger partial charge >= 0.3 is 5.97 Å². The number of carboxylic acids is 1. The predicted octanol–water partition coefficient (Wildman–Crippen LogP) is 0.568. The predicted molar refractivity (Wildman–Crippen MR) is 140 cm³/mol. The second kappa shape index (κ2) is 13.3. The first-order valence-electron chi connectivity index (χ1n) is 12.6. The zero-order chi connectivity index (χ0) is 28.5. The van der Waals surface area contributed by atoms with Crippen LogP contribution in [0.2, 0.25) is 0 Å². The lowest BCUT2D eigenvalue weighted by Crippen LogP contribution is -2.57. The van der Waals surface area contributed by atoms with Crippen molar-refractivity contribution < 1.29 is 33.9 Å². The van der Waals surface area contributed by atoms with E-state index in [1.807, 2.05) is 0 Å². The summed E-state index contributed by atoms with van der Waals surface area (Å²) in [6.07, 6.45) is 0.185. The van der Waals surface area contributed by atoms with Crippen molar-refractivity contribution in [2.75, 3.05) is 0 Å². The Balaban J connectivity index is 1.69. The summed E-state index contributed by atoms with van der Waals surface area (Å²) in [7, 11) is 0. The molecule has 1 aliphatic rings. The number of carbonyl (C=O) groups is 6. The van der Waals surface area contributed by atoms with Crippen LogP contribution in [0, 0.1) is 0 Å². The highest BCUT2D eigenvalue weighted by Gasteiger charge is 2.37. The minimum atomic E-state index is -1.23. The third-order valence-corrected chi connectivity index (χ3v) is 6.42. The molecule has 1 fully saturated rings. The molecule has 11 heteroatoms. The summed E-state index contributed by atoms with van der Waals surface area (Å²) in [5.74, 6) is -4.22. The Kier molecular flexibility index (Phi) is 9.91. The first kappa shape index (κ1) is 29.0. The molecule has 4 atom stereocenters. The summed E-state index contributed by atoms with van der Waals surface area (Å²) in [5.41, 5.74) is 1.44. The van der Waals surface area contributed by atoms with Gasteiger partial charge in [0.25, 0.3) is 0 Å². The molecule has 2 aromatic carbocycles. The van der Waals surface area contributed by atoms with Crippen molar-refractivity contribution in [3.8, 4) is 0 Å². The second-order valence-electron chi connectivity index (χ2n) is 9.40. The molecule has 0 aromatic heterocycles. The normalized spacial score (nSPS) is 16.1. The van der Waals surface area contributed by atoms with Gasteiger partial charge in [-0.2, -0.15) is 0 Å². The third-order valence-electron chi connectivity index (χ3n) is 6.42. The molecule has 39 heavy (non-hydrogen) atoms. The van der Waals surface area contributed by atoms with E-state index in [1.165, 1.54) is 13.8 Å².